The van der Waals surface area contributed by atoms with Gasteiger partial charge in [0.05, 0.1) is 31.0 Å². The Bertz CT molecular complexity index is 1790. The van der Waals surface area contributed by atoms with Crippen molar-refractivity contribution >= 4 is 45.8 Å². The van der Waals surface area contributed by atoms with Gasteiger partial charge in [0.15, 0.2) is 28.9 Å². The Hall–Kier alpha value is -4.52. The fourth-order valence-electron chi connectivity index (χ4n) is 6.37. The minimum absolute atomic E-state index is 0.00662. The van der Waals surface area contributed by atoms with E-state index in [1.165, 1.54) is 28.1 Å². The number of nitrogens with one attached hydrogen (secondary N) is 2. The first-order valence-electron chi connectivity index (χ1n) is 13.8. The second-order valence-electron chi connectivity index (χ2n) is 11.1. The standard InChI is InChI=1S/C25H29N11O7/c26-19-15-20(30-6-29-19)35(7-31-15)24-18(40)10-3-9(37)1-2-12-17(39)11(4-14(38)28-5-13(10)43-24)23(42-12)36-8-32-16-21(36)33-25(27)34-22(16)41/h6-8,10-13,17-18,23-24,39-40H,1-5H2,(H,28,38)(H2,26,29,30)(H3,27,33,34,41)/t10?,11-,12+,13+,17?,18-,23+,24+/m0/s1. The number of Topliss-reactive ketones (excluding diaryl/α,β-unsaturated/α-hetero) is 1. The molecule has 3 aliphatic heterocycles. The van der Waals surface area contributed by atoms with Crippen LogP contribution in [0.25, 0.3) is 22.3 Å². The third-order valence-corrected chi connectivity index (χ3v) is 8.50. The molecule has 18 nitrogen and oxygen atoms in total. The molecule has 4 aromatic rings. The van der Waals surface area contributed by atoms with Crippen LogP contribution >= 0.6 is 0 Å². The Morgan fingerprint density at radius 1 is 0.860 bits per heavy atom. The zero-order valence-corrected chi connectivity index (χ0v) is 22.6. The quantitative estimate of drug-likeness (QED) is 0.148. The van der Waals surface area contributed by atoms with Crippen LogP contribution in [0.2, 0.25) is 0 Å². The van der Waals surface area contributed by atoms with Crippen LogP contribution in [-0.2, 0) is 19.1 Å². The van der Waals surface area contributed by atoms with Gasteiger partial charge in [-0.1, -0.05) is 0 Å². The van der Waals surface area contributed by atoms with Crippen molar-refractivity contribution in [3.05, 3.63) is 29.3 Å². The van der Waals surface area contributed by atoms with Gasteiger partial charge in [-0.25, -0.2) is 19.9 Å². The lowest BCUT2D eigenvalue weighted by atomic mass is 9.90. The van der Waals surface area contributed by atoms with Crippen molar-refractivity contribution in [3.63, 3.8) is 0 Å². The van der Waals surface area contributed by atoms with E-state index in [1.54, 1.807) is 0 Å². The third kappa shape index (κ3) is 4.58. The number of ether oxygens (including phenoxy) is 2. The maximum atomic E-state index is 13.2. The van der Waals surface area contributed by atoms with E-state index in [0.717, 1.165) is 0 Å². The maximum absolute atomic E-state index is 13.2. The number of ketones is 1. The van der Waals surface area contributed by atoms with Gasteiger partial charge in [-0.15, -0.1) is 0 Å². The first-order valence-corrected chi connectivity index (χ1v) is 13.8. The summed E-state index contributed by atoms with van der Waals surface area (Å²) in [6.07, 6.45) is -1.47. The van der Waals surface area contributed by atoms with Gasteiger partial charge in [0.1, 0.15) is 30.0 Å². The number of nitrogen functional groups attached to an aromatic ring is 2. The molecule has 2 unspecified atom stereocenters. The van der Waals surface area contributed by atoms with Gasteiger partial charge in [-0.2, -0.15) is 4.98 Å². The molecule has 3 saturated heterocycles. The number of aliphatic hydroxyl groups excluding tert-OH is 2. The van der Waals surface area contributed by atoms with Crippen molar-refractivity contribution in [2.45, 2.75) is 62.6 Å². The van der Waals surface area contributed by atoms with E-state index in [2.05, 4.69) is 35.2 Å². The third-order valence-electron chi connectivity index (χ3n) is 8.50. The van der Waals surface area contributed by atoms with E-state index < -0.39 is 60.2 Å². The zero-order chi connectivity index (χ0) is 30.0. The molecule has 7 heterocycles. The molecule has 0 radical (unpaired) electrons. The predicted octanol–water partition coefficient (Wildman–Crippen LogP) is -1.87. The number of imidazole rings is 2. The first-order chi connectivity index (χ1) is 20.7. The highest BCUT2D eigenvalue weighted by atomic mass is 16.5. The van der Waals surface area contributed by atoms with Gasteiger partial charge >= 0.3 is 0 Å². The van der Waals surface area contributed by atoms with Crippen molar-refractivity contribution in [2.75, 3.05) is 18.0 Å². The molecule has 3 aliphatic rings. The van der Waals surface area contributed by atoms with Crippen LogP contribution in [0.15, 0.2) is 23.8 Å². The maximum Gasteiger partial charge on any atom is 0.280 e. The molecule has 7 rings (SSSR count). The van der Waals surface area contributed by atoms with Crippen molar-refractivity contribution in [1.29, 1.82) is 0 Å². The summed E-state index contributed by atoms with van der Waals surface area (Å²) in [7, 11) is 0. The van der Waals surface area contributed by atoms with Gasteiger partial charge in [0.2, 0.25) is 11.9 Å². The molecule has 8 N–H and O–H groups in total. The van der Waals surface area contributed by atoms with E-state index in [9.17, 15) is 24.6 Å². The van der Waals surface area contributed by atoms with E-state index in [4.69, 9.17) is 20.9 Å². The Kier molecular flexibility index (Phi) is 6.56. The number of amides is 1. The SMILES string of the molecule is Nc1nc2c(ncn2[C@@H]2O[C@@H]3CCC(=O)CC4[C@@H](CNC(=O)C[C@H]2C3O)O[C@@H](n2cnc3c(N)ncnc32)[C@H]4O)c(=O)[nH]1. The Balaban J connectivity index is 1.16. The summed E-state index contributed by atoms with van der Waals surface area (Å²) in [5, 5.41) is 25.4. The Morgan fingerprint density at radius 2 is 1.60 bits per heavy atom. The fraction of sp³-hybridized carbons (Fsp3) is 0.520. The molecular weight excluding hydrogens is 566 g/mol. The van der Waals surface area contributed by atoms with Crippen molar-refractivity contribution < 1.29 is 29.3 Å². The molecule has 0 aliphatic carbocycles. The normalized spacial score (nSPS) is 31.9. The van der Waals surface area contributed by atoms with Crippen molar-refractivity contribution in [3.8, 4) is 0 Å². The summed E-state index contributed by atoms with van der Waals surface area (Å²) < 4.78 is 15.4. The highest BCUT2D eigenvalue weighted by Crippen LogP contribution is 2.41. The van der Waals surface area contributed by atoms with Gasteiger partial charge in [0, 0.05) is 37.6 Å². The molecule has 1 amide bonds. The van der Waals surface area contributed by atoms with Crippen molar-refractivity contribution in [2.24, 2.45) is 11.8 Å². The number of rotatable bonds is 2. The van der Waals surface area contributed by atoms with Crippen molar-refractivity contribution in [1.82, 2.24) is 44.4 Å². The zero-order valence-electron chi connectivity index (χ0n) is 22.6. The number of aromatic nitrogens is 8. The summed E-state index contributed by atoms with van der Waals surface area (Å²) in [5.41, 5.74) is 12.0. The van der Waals surface area contributed by atoms with Crippen LogP contribution in [0.1, 0.15) is 38.1 Å². The summed E-state index contributed by atoms with van der Waals surface area (Å²) in [5.74, 6) is -1.93. The number of hydrogen-bond acceptors (Lipinski definition) is 14. The number of aromatic amines is 1. The molecule has 43 heavy (non-hydrogen) atoms. The Morgan fingerprint density at radius 3 is 2.42 bits per heavy atom. The number of fused-ring (bicyclic) bond motifs is 5. The lowest BCUT2D eigenvalue weighted by Gasteiger charge is -2.23. The number of anilines is 2. The number of hydrogen-bond donors (Lipinski definition) is 6. The van der Waals surface area contributed by atoms with Gasteiger partial charge in [-0.05, 0) is 6.42 Å². The first kappa shape index (κ1) is 27.3. The number of aliphatic hydroxyl groups is 2. The van der Waals surface area contributed by atoms with Gasteiger partial charge < -0.3 is 36.5 Å². The van der Waals surface area contributed by atoms with Crippen LogP contribution in [0.4, 0.5) is 11.8 Å². The lowest BCUT2D eigenvalue weighted by Crippen LogP contribution is -2.39. The smallest absolute Gasteiger partial charge is 0.280 e. The number of carbonyl (C=O) groups is 2. The summed E-state index contributed by atoms with van der Waals surface area (Å²) in [6.45, 7) is -0.00662. The molecule has 0 aromatic carbocycles. The minimum atomic E-state index is -1.12. The molecule has 0 spiro atoms. The minimum Gasteiger partial charge on any atom is -0.390 e. The molecular formula is C25H29N11O7. The van der Waals surface area contributed by atoms with E-state index >= 15 is 0 Å². The number of nitrogens with two attached hydrogens (primary N) is 2. The second-order valence-corrected chi connectivity index (χ2v) is 11.1. The van der Waals surface area contributed by atoms with E-state index in [-0.39, 0.29) is 60.9 Å². The average Bonchev–Trinajstić information content (AvgIpc) is 3.72. The molecule has 226 valence electrons. The summed E-state index contributed by atoms with van der Waals surface area (Å²) >= 11 is 0. The van der Waals surface area contributed by atoms with Crippen LogP contribution in [0, 0.1) is 11.8 Å². The second kappa shape index (κ2) is 10.3. The highest BCUT2D eigenvalue weighted by molar-refractivity contribution is 5.81. The van der Waals surface area contributed by atoms with Crippen LogP contribution < -0.4 is 22.3 Å². The topological polar surface area (TPSA) is 264 Å². The Labute approximate surface area is 241 Å². The number of H-pyrrole nitrogens is 1. The fourth-order valence-corrected chi connectivity index (χ4v) is 6.37. The summed E-state index contributed by atoms with van der Waals surface area (Å²) in [6, 6.07) is 0. The van der Waals surface area contributed by atoms with Gasteiger partial charge in [-0.3, -0.25) is 28.5 Å². The molecule has 3 fully saturated rings. The summed E-state index contributed by atoms with van der Waals surface area (Å²) in [4.78, 5) is 61.8. The number of nitrogens with zero attached hydrogens (tertiary/aromatic N) is 7. The largest absolute Gasteiger partial charge is 0.390 e. The number of carbonyl (C=O) groups excluding carboxylic acids is 2. The molecule has 18 heteroatoms. The average molecular weight is 596 g/mol. The predicted molar refractivity (Wildman–Crippen MR) is 146 cm³/mol. The lowest BCUT2D eigenvalue weighted by molar-refractivity contribution is -0.124. The van der Waals surface area contributed by atoms with Crippen LogP contribution in [0.5, 0.6) is 0 Å². The highest BCUT2D eigenvalue weighted by Gasteiger charge is 2.49. The van der Waals surface area contributed by atoms with E-state index in [0.29, 0.717) is 11.2 Å². The monoisotopic (exact) mass is 595 g/mol. The molecule has 4 aromatic heterocycles. The van der Waals surface area contributed by atoms with Gasteiger partial charge in [0.25, 0.3) is 5.56 Å². The molecule has 2 bridgehead atoms. The molecule has 8 atom stereocenters. The van der Waals surface area contributed by atoms with Crippen LogP contribution in [-0.4, -0.2) is 91.9 Å². The molecule has 0 saturated carbocycles. The van der Waals surface area contributed by atoms with Crippen LogP contribution in [0.3, 0.4) is 0 Å². The van der Waals surface area contributed by atoms with E-state index in [1.807, 2.05) is 0 Å².